The lowest BCUT2D eigenvalue weighted by Crippen LogP contribution is -2.54. The molecule has 2 aromatic heterocycles. The van der Waals surface area contributed by atoms with Crippen molar-refractivity contribution >= 4 is 34.1 Å². The van der Waals surface area contributed by atoms with Crippen molar-refractivity contribution in [2.45, 2.75) is 59.0 Å². The van der Waals surface area contributed by atoms with E-state index in [4.69, 9.17) is 4.74 Å². The quantitative estimate of drug-likeness (QED) is 0.238. The highest BCUT2D eigenvalue weighted by Gasteiger charge is 2.60. The van der Waals surface area contributed by atoms with Crippen molar-refractivity contribution in [2.24, 2.45) is 11.3 Å². The van der Waals surface area contributed by atoms with E-state index in [1.54, 1.807) is 17.3 Å². The molecule has 8 heteroatoms. The van der Waals surface area contributed by atoms with E-state index in [9.17, 15) is 9.59 Å². The molecule has 230 valence electrons. The molecule has 8 nitrogen and oxygen atoms in total. The fourth-order valence-corrected chi connectivity index (χ4v) is 6.95. The maximum Gasteiger partial charge on any atom is 0.249 e. The number of fused-ring (bicyclic) bond motifs is 1. The van der Waals surface area contributed by atoms with Gasteiger partial charge in [0.2, 0.25) is 11.8 Å². The second kappa shape index (κ2) is 11.7. The van der Waals surface area contributed by atoms with Gasteiger partial charge < -0.3 is 24.8 Å². The number of nitrogens with one attached hydrogen (secondary N) is 2. The molecule has 1 aliphatic carbocycles. The van der Waals surface area contributed by atoms with E-state index < -0.39 is 5.54 Å². The molecule has 6 rings (SSSR count). The van der Waals surface area contributed by atoms with Crippen LogP contribution in [0.4, 0.5) is 11.4 Å². The first-order valence-corrected chi connectivity index (χ1v) is 15.6. The van der Waals surface area contributed by atoms with E-state index in [1.807, 2.05) is 56.3 Å². The average molecular weight is 594 g/mol. The first kappa shape index (κ1) is 29.9. The SMILES string of the molecule is Cc1[nH]c2ccccc2c1C1C(CC(=O)N(Cc2cccnc2)C(C)(C)C(=O)Nc2ccc(N3CCOCC3)cc2)C1(C)C. The molecule has 1 saturated heterocycles. The monoisotopic (exact) mass is 593 g/mol. The van der Waals surface area contributed by atoms with Crippen molar-refractivity contribution in [3.8, 4) is 0 Å². The number of anilines is 2. The molecule has 2 aromatic carbocycles. The van der Waals surface area contributed by atoms with Crippen molar-refractivity contribution in [3.63, 3.8) is 0 Å². The van der Waals surface area contributed by atoms with Gasteiger partial charge in [-0.1, -0.05) is 38.1 Å². The second-order valence-electron chi connectivity index (χ2n) is 13.3. The standard InChI is InChI=1S/C36H43N5O3/c1-24-32(28-10-6-7-11-30(28)38-24)33-29(35(33,2)3)21-31(42)41(23-25-9-8-16-37-22-25)36(4,5)34(43)39-26-12-14-27(15-13-26)40-17-19-44-20-18-40/h6-16,22,29,33,38H,17-21,23H2,1-5H3,(H,39,43). The Morgan fingerprint density at radius 3 is 2.50 bits per heavy atom. The number of carbonyl (C=O) groups excluding carboxylic acids is 2. The van der Waals surface area contributed by atoms with Crippen LogP contribution in [0.1, 0.15) is 56.9 Å². The molecule has 3 heterocycles. The maximum absolute atomic E-state index is 14.3. The number of hydrogen-bond acceptors (Lipinski definition) is 5. The summed E-state index contributed by atoms with van der Waals surface area (Å²) in [5.41, 5.74) is 5.13. The zero-order valence-electron chi connectivity index (χ0n) is 26.4. The molecule has 0 spiro atoms. The first-order valence-electron chi connectivity index (χ1n) is 15.6. The zero-order valence-corrected chi connectivity index (χ0v) is 26.4. The summed E-state index contributed by atoms with van der Waals surface area (Å²) in [7, 11) is 0. The fraction of sp³-hybridized carbons (Fsp3) is 0.417. The highest BCUT2D eigenvalue weighted by Crippen LogP contribution is 2.67. The molecule has 2 fully saturated rings. The van der Waals surface area contributed by atoms with Gasteiger partial charge in [-0.3, -0.25) is 14.6 Å². The minimum Gasteiger partial charge on any atom is -0.378 e. The van der Waals surface area contributed by atoms with Crippen molar-refractivity contribution in [1.29, 1.82) is 0 Å². The van der Waals surface area contributed by atoms with Gasteiger partial charge in [-0.15, -0.1) is 0 Å². The third kappa shape index (κ3) is 5.71. The number of hydrogen-bond donors (Lipinski definition) is 2. The number of pyridine rings is 1. The Kier molecular flexibility index (Phi) is 7.97. The highest BCUT2D eigenvalue weighted by atomic mass is 16.5. The Morgan fingerprint density at radius 2 is 1.80 bits per heavy atom. The van der Waals surface area contributed by atoms with Gasteiger partial charge in [-0.05, 0) is 85.5 Å². The summed E-state index contributed by atoms with van der Waals surface area (Å²) in [5.74, 6) is 0.156. The van der Waals surface area contributed by atoms with E-state index in [-0.39, 0.29) is 29.1 Å². The molecule has 2 unspecified atom stereocenters. The van der Waals surface area contributed by atoms with Crippen LogP contribution in [0.2, 0.25) is 0 Å². The van der Waals surface area contributed by atoms with Crippen LogP contribution >= 0.6 is 0 Å². The number of amides is 2. The van der Waals surface area contributed by atoms with Crippen molar-refractivity contribution in [1.82, 2.24) is 14.9 Å². The predicted molar refractivity (Wildman–Crippen MR) is 175 cm³/mol. The van der Waals surface area contributed by atoms with Crippen LogP contribution in [0.15, 0.2) is 73.1 Å². The van der Waals surface area contributed by atoms with Crippen LogP contribution in [-0.2, 0) is 20.9 Å². The normalized spacial score (nSPS) is 19.5. The number of ether oxygens (including phenoxy) is 1. The van der Waals surface area contributed by atoms with Gasteiger partial charge in [0.15, 0.2) is 0 Å². The summed E-state index contributed by atoms with van der Waals surface area (Å²) in [6, 6.07) is 20.1. The van der Waals surface area contributed by atoms with Gasteiger partial charge in [-0.2, -0.15) is 0 Å². The lowest BCUT2D eigenvalue weighted by atomic mass is 9.98. The number of para-hydroxylation sites is 1. The van der Waals surface area contributed by atoms with E-state index in [0.29, 0.717) is 31.9 Å². The number of morpholine rings is 1. The molecule has 2 aliphatic rings. The summed E-state index contributed by atoms with van der Waals surface area (Å²) >= 11 is 0. The molecule has 2 amide bonds. The lowest BCUT2D eigenvalue weighted by molar-refractivity contribution is -0.145. The number of carbonyl (C=O) groups is 2. The van der Waals surface area contributed by atoms with Crippen molar-refractivity contribution in [3.05, 3.63) is 89.9 Å². The van der Waals surface area contributed by atoms with Crippen LogP contribution in [0.3, 0.4) is 0 Å². The highest BCUT2D eigenvalue weighted by molar-refractivity contribution is 6.00. The smallest absolute Gasteiger partial charge is 0.249 e. The molecular formula is C36H43N5O3. The fourth-order valence-electron chi connectivity index (χ4n) is 6.95. The molecule has 1 aliphatic heterocycles. The number of benzene rings is 2. The van der Waals surface area contributed by atoms with Crippen molar-refractivity contribution in [2.75, 3.05) is 36.5 Å². The number of rotatable bonds is 9. The maximum atomic E-state index is 14.3. The number of aryl methyl sites for hydroxylation is 1. The van der Waals surface area contributed by atoms with Crippen LogP contribution in [0.5, 0.6) is 0 Å². The third-order valence-corrected chi connectivity index (χ3v) is 9.80. The van der Waals surface area contributed by atoms with Gasteiger partial charge in [0.05, 0.1) is 13.2 Å². The van der Waals surface area contributed by atoms with Crippen LogP contribution < -0.4 is 10.2 Å². The number of nitrogens with zero attached hydrogens (tertiary/aromatic N) is 3. The molecule has 44 heavy (non-hydrogen) atoms. The van der Waals surface area contributed by atoms with Gasteiger partial charge in [0, 0.05) is 66.4 Å². The molecule has 2 N–H and O–H groups in total. The first-order chi connectivity index (χ1) is 21.1. The molecule has 4 aromatic rings. The Labute approximate surface area is 259 Å². The largest absolute Gasteiger partial charge is 0.378 e. The van der Waals surface area contributed by atoms with E-state index >= 15 is 0 Å². The van der Waals surface area contributed by atoms with Crippen molar-refractivity contribution < 1.29 is 14.3 Å². The summed E-state index contributed by atoms with van der Waals surface area (Å²) in [6.07, 6.45) is 3.84. The Balaban J connectivity index is 1.22. The van der Waals surface area contributed by atoms with E-state index in [0.717, 1.165) is 35.6 Å². The Hall–Kier alpha value is -4.17. The topological polar surface area (TPSA) is 90.6 Å². The van der Waals surface area contributed by atoms with E-state index in [1.165, 1.54) is 10.9 Å². The number of aromatic nitrogens is 2. The Bertz CT molecular complexity index is 1640. The summed E-state index contributed by atoms with van der Waals surface area (Å²) in [4.78, 5) is 40.0. The van der Waals surface area contributed by atoms with E-state index in [2.05, 4.69) is 59.2 Å². The lowest BCUT2D eigenvalue weighted by Gasteiger charge is -2.37. The van der Waals surface area contributed by atoms with Gasteiger partial charge >= 0.3 is 0 Å². The van der Waals surface area contributed by atoms with Crippen LogP contribution in [0, 0.1) is 18.3 Å². The molecule has 0 bridgehead atoms. The average Bonchev–Trinajstić information content (AvgIpc) is 3.37. The van der Waals surface area contributed by atoms with Gasteiger partial charge in [-0.25, -0.2) is 0 Å². The Morgan fingerprint density at radius 1 is 1.07 bits per heavy atom. The summed E-state index contributed by atoms with van der Waals surface area (Å²) < 4.78 is 5.47. The van der Waals surface area contributed by atoms with Crippen LogP contribution in [0.25, 0.3) is 10.9 Å². The summed E-state index contributed by atoms with van der Waals surface area (Å²) in [5, 5.41) is 4.31. The minimum atomic E-state index is -1.11. The number of aromatic amines is 1. The minimum absolute atomic E-state index is 0.0327. The molecule has 2 atom stereocenters. The molecule has 0 radical (unpaired) electrons. The third-order valence-electron chi connectivity index (χ3n) is 9.80. The molecule has 1 saturated carbocycles. The van der Waals surface area contributed by atoms with Crippen LogP contribution in [-0.4, -0.2) is 58.5 Å². The predicted octanol–water partition coefficient (Wildman–Crippen LogP) is 6.28. The van der Waals surface area contributed by atoms with Gasteiger partial charge in [0.25, 0.3) is 0 Å². The van der Waals surface area contributed by atoms with Gasteiger partial charge in [0.1, 0.15) is 5.54 Å². The zero-order chi connectivity index (χ0) is 31.1. The summed E-state index contributed by atoms with van der Waals surface area (Å²) in [6.45, 7) is 13.7. The molecular weight excluding hydrogens is 550 g/mol. The second-order valence-corrected chi connectivity index (χ2v) is 13.3. The number of H-pyrrole nitrogens is 1.